The van der Waals surface area contributed by atoms with Crippen molar-refractivity contribution in [1.29, 1.82) is 0 Å². The van der Waals surface area contributed by atoms with E-state index >= 15 is 0 Å². The Kier molecular flexibility index (Phi) is 9.88. The van der Waals surface area contributed by atoms with E-state index in [0.717, 1.165) is 24.8 Å². The van der Waals surface area contributed by atoms with Crippen LogP contribution < -0.4 is 15.6 Å². The van der Waals surface area contributed by atoms with Crippen LogP contribution in [0.4, 0.5) is 35.0 Å². The van der Waals surface area contributed by atoms with Crippen LogP contribution in [0.15, 0.2) is 35.6 Å². The quantitative estimate of drug-likeness (QED) is 0.274. The fourth-order valence-corrected chi connectivity index (χ4v) is 4.58. The van der Waals surface area contributed by atoms with Gasteiger partial charge in [-0.1, -0.05) is 26.8 Å². The van der Waals surface area contributed by atoms with Gasteiger partial charge in [-0.15, -0.1) is 0 Å². The number of benzene rings is 1. The van der Waals surface area contributed by atoms with E-state index in [-0.39, 0.29) is 29.1 Å². The number of hydrogen-bond donors (Lipinski definition) is 3. The highest BCUT2D eigenvalue weighted by Gasteiger charge is 2.39. The Morgan fingerprint density at radius 3 is 2.58 bits per heavy atom. The molecule has 2 aliphatic rings. The molecule has 12 heteroatoms. The zero-order valence-corrected chi connectivity index (χ0v) is 22.1. The van der Waals surface area contributed by atoms with Crippen LogP contribution in [0, 0.1) is 17.2 Å². The minimum absolute atomic E-state index is 0.0188. The van der Waals surface area contributed by atoms with Crippen LogP contribution in [0.1, 0.15) is 46.1 Å². The van der Waals surface area contributed by atoms with Crippen molar-refractivity contribution in [3.63, 3.8) is 0 Å². The minimum atomic E-state index is -4.34. The second kappa shape index (κ2) is 12.7. The summed E-state index contributed by atoms with van der Waals surface area (Å²) < 4.78 is 57.0. The lowest BCUT2D eigenvalue weighted by atomic mass is 9.66. The standard InChI is InChI=1S/C16H22F3NO.C10H14FN5O/c1-10-14(21)8-13(9-15(10,2)3)20-12-6-4-5-11(7-12)16(17,18)19;1-2-13-15-10-12-7-8(11)9(14-10)16-3-5-17-6-4-16/h4-7,10,13-14,20-21H,8-9H2,1-3H3;2,7H,3-6H2,1H3,(H,12,14,15)/b;13-2+. The number of aliphatic hydroxyl groups is 1. The molecular formula is C26H36F4N6O2. The van der Waals surface area contributed by atoms with Gasteiger partial charge < -0.3 is 20.1 Å². The lowest BCUT2D eigenvalue weighted by molar-refractivity contribution is -0.137. The van der Waals surface area contributed by atoms with Gasteiger partial charge in [-0.2, -0.15) is 23.3 Å². The van der Waals surface area contributed by atoms with Gasteiger partial charge in [0, 0.05) is 31.0 Å². The molecule has 1 saturated heterocycles. The van der Waals surface area contributed by atoms with Crippen molar-refractivity contribution in [2.24, 2.45) is 16.4 Å². The first-order chi connectivity index (χ1) is 17.9. The van der Waals surface area contributed by atoms with Crippen molar-refractivity contribution in [3.8, 4) is 0 Å². The molecule has 1 aliphatic heterocycles. The number of alkyl halides is 3. The fourth-order valence-electron chi connectivity index (χ4n) is 4.58. The molecule has 3 unspecified atom stereocenters. The van der Waals surface area contributed by atoms with E-state index in [9.17, 15) is 22.7 Å². The first kappa shape index (κ1) is 29.6. The van der Waals surface area contributed by atoms with E-state index in [1.807, 2.05) is 11.8 Å². The van der Waals surface area contributed by atoms with Crippen LogP contribution in [0.2, 0.25) is 0 Å². The van der Waals surface area contributed by atoms with Gasteiger partial charge in [0.1, 0.15) is 0 Å². The molecule has 1 aliphatic carbocycles. The molecule has 2 aromatic rings. The number of ether oxygens (including phenoxy) is 1. The number of aromatic nitrogens is 2. The molecule has 2 heterocycles. The smallest absolute Gasteiger partial charge is 0.393 e. The van der Waals surface area contributed by atoms with Crippen molar-refractivity contribution in [2.75, 3.05) is 41.9 Å². The summed E-state index contributed by atoms with van der Waals surface area (Å²) in [5.74, 6) is 0.318. The molecule has 0 bridgehead atoms. The van der Waals surface area contributed by atoms with Gasteiger partial charge in [0.2, 0.25) is 5.95 Å². The number of hydrogen-bond acceptors (Lipinski definition) is 8. The Bertz CT molecular complexity index is 1080. The third-order valence-corrected chi connectivity index (χ3v) is 7.00. The number of anilines is 3. The maximum absolute atomic E-state index is 13.6. The van der Waals surface area contributed by atoms with Crippen LogP contribution in [0.25, 0.3) is 0 Å². The average Bonchev–Trinajstić information content (AvgIpc) is 2.87. The summed E-state index contributed by atoms with van der Waals surface area (Å²) in [7, 11) is 0. The van der Waals surface area contributed by atoms with Gasteiger partial charge in [0.25, 0.3) is 0 Å². The number of nitrogens with one attached hydrogen (secondary N) is 2. The van der Waals surface area contributed by atoms with Crippen LogP contribution in [-0.4, -0.2) is 59.7 Å². The summed E-state index contributed by atoms with van der Waals surface area (Å²) in [6.45, 7) is 10.4. The molecule has 0 radical (unpaired) electrons. The van der Waals surface area contributed by atoms with Crippen LogP contribution in [0.5, 0.6) is 0 Å². The Labute approximate surface area is 220 Å². The van der Waals surface area contributed by atoms with E-state index in [4.69, 9.17) is 4.74 Å². The third kappa shape index (κ3) is 8.00. The topological polar surface area (TPSA) is 94.9 Å². The third-order valence-electron chi connectivity index (χ3n) is 7.00. The van der Waals surface area contributed by atoms with Crippen molar-refractivity contribution in [2.45, 2.75) is 58.9 Å². The number of halogens is 4. The highest BCUT2D eigenvalue weighted by Crippen LogP contribution is 2.41. The molecule has 1 saturated carbocycles. The van der Waals surface area contributed by atoms with Gasteiger partial charge in [-0.3, -0.25) is 0 Å². The predicted octanol–water partition coefficient (Wildman–Crippen LogP) is 5.17. The molecule has 38 heavy (non-hydrogen) atoms. The highest BCUT2D eigenvalue weighted by molar-refractivity contribution is 5.55. The molecule has 0 spiro atoms. The van der Waals surface area contributed by atoms with Gasteiger partial charge in [0.05, 0.1) is 31.1 Å². The molecule has 4 rings (SSSR count). The number of hydrazone groups is 1. The number of nitrogens with zero attached hydrogens (tertiary/aromatic N) is 4. The van der Waals surface area contributed by atoms with E-state index in [1.165, 1.54) is 6.07 Å². The maximum Gasteiger partial charge on any atom is 0.416 e. The van der Waals surface area contributed by atoms with Gasteiger partial charge >= 0.3 is 6.18 Å². The van der Waals surface area contributed by atoms with Crippen molar-refractivity contribution in [3.05, 3.63) is 41.8 Å². The number of rotatable bonds is 5. The van der Waals surface area contributed by atoms with Gasteiger partial charge in [-0.05, 0) is 49.3 Å². The lowest BCUT2D eigenvalue weighted by Crippen LogP contribution is -2.45. The first-order valence-corrected chi connectivity index (χ1v) is 12.6. The normalized spacial score (nSPS) is 23.5. The summed E-state index contributed by atoms with van der Waals surface area (Å²) in [5, 5.41) is 17.1. The van der Waals surface area contributed by atoms with Crippen LogP contribution in [0.3, 0.4) is 0 Å². The lowest BCUT2D eigenvalue weighted by Gasteiger charge is -2.44. The van der Waals surface area contributed by atoms with Crippen LogP contribution in [-0.2, 0) is 10.9 Å². The van der Waals surface area contributed by atoms with Crippen molar-refractivity contribution < 1.29 is 27.4 Å². The van der Waals surface area contributed by atoms with Gasteiger partial charge in [0.15, 0.2) is 11.6 Å². The van der Waals surface area contributed by atoms with Crippen LogP contribution >= 0.6 is 0 Å². The molecule has 3 N–H and O–H groups in total. The SMILES string of the molecule is C/C=N/Nc1ncc(F)c(N2CCOCC2)n1.CC1C(O)CC(Nc2cccc(C(F)(F)F)c2)CC1(C)C. The molecule has 2 fully saturated rings. The molecular weight excluding hydrogens is 504 g/mol. The van der Waals surface area contributed by atoms with E-state index in [1.54, 1.807) is 19.2 Å². The maximum atomic E-state index is 13.6. The van der Waals surface area contributed by atoms with E-state index < -0.39 is 23.7 Å². The monoisotopic (exact) mass is 540 g/mol. The second-order valence-electron chi connectivity index (χ2n) is 10.2. The predicted molar refractivity (Wildman–Crippen MR) is 140 cm³/mol. The number of aliphatic hydroxyl groups excluding tert-OH is 1. The largest absolute Gasteiger partial charge is 0.416 e. The molecule has 210 valence electrons. The summed E-state index contributed by atoms with van der Waals surface area (Å²) in [6, 6.07) is 5.20. The average molecular weight is 541 g/mol. The Balaban J connectivity index is 0.000000215. The summed E-state index contributed by atoms with van der Waals surface area (Å²) in [6.07, 6.45) is -0.677. The number of morpholine rings is 1. The zero-order chi connectivity index (χ0) is 27.9. The first-order valence-electron chi connectivity index (χ1n) is 12.6. The Morgan fingerprint density at radius 1 is 1.24 bits per heavy atom. The second-order valence-corrected chi connectivity index (χ2v) is 10.2. The molecule has 1 aromatic heterocycles. The van der Waals surface area contributed by atoms with Crippen molar-refractivity contribution >= 4 is 23.7 Å². The summed E-state index contributed by atoms with van der Waals surface area (Å²) in [4.78, 5) is 9.73. The molecule has 8 nitrogen and oxygen atoms in total. The Hall–Kier alpha value is -2.99. The van der Waals surface area contributed by atoms with E-state index in [2.05, 4.69) is 39.7 Å². The minimum Gasteiger partial charge on any atom is -0.393 e. The summed E-state index contributed by atoms with van der Waals surface area (Å²) >= 11 is 0. The zero-order valence-electron chi connectivity index (χ0n) is 22.1. The Morgan fingerprint density at radius 2 is 1.95 bits per heavy atom. The van der Waals surface area contributed by atoms with Crippen molar-refractivity contribution in [1.82, 2.24) is 9.97 Å². The molecule has 0 amide bonds. The van der Waals surface area contributed by atoms with Gasteiger partial charge in [-0.25, -0.2) is 14.8 Å². The molecule has 1 aromatic carbocycles. The molecule has 3 atom stereocenters. The fraction of sp³-hybridized carbons (Fsp3) is 0.577. The highest BCUT2D eigenvalue weighted by atomic mass is 19.4. The van der Waals surface area contributed by atoms with E-state index in [0.29, 0.717) is 38.4 Å². The summed E-state index contributed by atoms with van der Waals surface area (Å²) in [5.41, 5.74) is 2.37.